The van der Waals surface area contributed by atoms with E-state index in [2.05, 4.69) is 25.0 Å². The van der Waals surface area contributed by atoms with E-state index in [0.29, 0.717) is 23.7 Å². The quantitative estimate of drug-likeness (QED) is 0.664. The number of fused-ring (bicyclic) bond motifs is 1. The van der Waals surface area contributed by atoms with Gasteiger partial charge in [0.05, 0.1) is 11.9 Å². The van der Waals surface area contributed by atoms with Crippen LogP contribution in [0.1, 0.15) is 70.6 Å². The zero-order chi connectivity index (χ0) is 18.2. The normalized spacial score (nSPS) is 15.5. The van der Waals surface area contributed by atoms with Gasteiger partial charge in [-0.3, -0.25) is 14.3 Å². The summed E-state index contributed by atoms with van der Waals surface area (Å²) in [6.07, 6.45) is 14.7. The summed E-state index contributed by atoms with van der Waals surface area (Å²) in [7, 11) is 0. The Bertz CT molecular complexity index is 700. The Morgan fingerprint density at radius 1 is 1.24 bits per heavy atom. The van der Waals surface area contributed by atoms with Crippen LogP contribution < -0.4 is 5.43 Å². The zero-order valence-electron chi connectivity index (χ0n) is 15.7. The molecule has 0 aromatic carbocycles. The number of hydrogen-bond donors (Lipinski definition) is 0. The van der Waals surface area contributed by atoms with Crippen molar-refractivity contribution in [1.82, 2.24) is 9.78 Å². The second kappa shape index (κ2) is 9.50. The highest BCUT2D eigenvalue weighted by Gasteiger charge is 2.21. The number of rotatable bonds is 9. The van der Waals surface area contributed by atoms with Gasteiger partial charge in [-0.05, 0) is 31.3 Å². The van der Waals surface area contributed by atoms with Gasteiger partial charge in [0.2, 0.25) is 5.43 Å². The average molecular weight is 342 g/mol. The first kappa shape index (κ1) is 19.4. The molecule has 2 unspecified atom stereocenters. The van der Waals surface area contributed by atoms with Crippen molar-refractivity contribution in [2.45, 2.75) is 65.8 Å². The van der Waals surface area contributed by atoms with E-state index in [9.17, 15) is 9.59 Å². The van der Waals surface area contributed by atoms with Crippen LogP contribution in [0.2, 0.25) is 0 Å². The van der Waals surface area contributed by atoms with E-state index < -0.39 is 0 Å². The number of nitrogens with zero attached hydrogens (tertiary/aromatic N) is 2. The van der Waals surface area contributed by atoms with Crippen LogP contribution >= 0.6 is 0 Å². The van der Waals surface area contributed by atoms with Gasteiger partial charge in [-0.2, -0.15) is 5.10 Å². The monoisotopic (exact) mass is 342 g/mol. The topological polar surface area (TPSA) is 52.0 Å². The Kier molecular flexibility index (Phi) is 7.35. The van der Waals surface area contributed by atoms with Gasteiger partial charge in [-0.25, -0.2) is 0 Å². The first-order valence-electron chi connectivity index (χ1n) is 9.56. The predicted molar refractivity (Wildman–Crippen MR) is 103 cm³/mol. The molecule has 2 atom stereocenters. The second-order valence-electron chi connectivity index (χ2n) is 6.85. The fourth-order valence-corrected chi connectivity index (χ4v) is 3.52. The third-order valence-corrected chi connectivity index (χ3v) is 5.03. The highest BCUT2D eigenvalue weighted by molar-refractivity contribution is 5.80. The highest BCUT2D eigenvalue weighted by atomic mass is 16.1. The lowest BCUT2D eigenvalue weighted by molar-refractivity contribution is -0.123. The molecule has 0 N–H and O–H groups in total. The SMILES string of the molecule is CCCC(CC(CC)Cn1ncc(=O)c2c1C=CCC=C2)C(=O)CC. The molecule has 1 heterocycles. The fraction of sp³-hybridized carbons (Fsp3) is 0.571. The molecule has 25 heavy (non-hydrogen) atoms. The van der Waals surface area contributed by atoms with Crippen LogP contribution in [-0.4, -0.2) is 15.6 Å². The first-order chi connectivity index (χ1) is 12.1. The fourth-order valence-electron chi connectivity index (χ4n) is 3.52. The summed E-state index contributed by atoms with van der Waals surface area (Å²) >= 11 is 0. The molecule has 0 saturated heterocycles. The van der Waals surface area contributed by atoms with Crippen LogP contribution in [0.4, 0.5) is 0 Å². The number of carbonyl (C=O) groups excluding carboxylic acids is 1. The highest BCUT2D eigenvalue weighted by Crippen LogP contribution is 2.24. The third-order valence-electron chi connectivity index (χ3n) is 5.03. The molecule has 1 aliphatic rings. The molecule has 0 radical (unpaired) electrons. The number of allylic oxidation sites excluding steroid dienone is 2. The van der Waals surface area contributed by atoms with Crippen molar-refractivity contribution in [3.63, 3.8) is 0 Å². The molecular formula is C21H30N2O2. The summed E-state index contributed by atoms with van der Waals surface area (Å²) in [5.74, 6) is 0.898. The molecule has 0 saturated carbocycles. The maximum Gasteiger partial charge on any atom is 0.207 e. The zero-order valence-corrected chi connectivity index (χ0v) is 15.7. The molecule has 1 aromatic heterocycles. The number of Topliss-reactive ketones (excluding diaryl/α,β-unsaturated/α-hetero) is 1. The molecular weight excluding hydrogens is 312 g/mol. The predicted octanol–water partition coefficient (Wildman–Crippen LogP) is 4.49. The molecule has 4 nitrogen and oxygen atoms in total. The molecule has 1 aromatic rings. The third kappa shape index (κ3) is 5.00. The van der Waals surface area contributed by atoms with Gasteiger partial charge in [-0.15, -0.1) is 0 Å². The molecule has 4 heteroatoms. The molecule has 0 fully saturated rings. The van der Waals surface area contributed by atoms with E-state index in [1.54, 1.807) is 0 Å². The number of aromatic nitrogens is 2. The second-order valence-corrected chi connectivity index (χ2v) is 6.85. The van der Waals surface area contributed by atoms with Crippen molar-refractivity contribution >= 4 is 17.9 Å². The van der Waals surface area contributed by atoms with Crippen LogP contribution in [0.25, 0.3) is 12.2 Å². The Morgan fingerprint density at radius 3 is 2.68 bits per heavy atom. The van der Waals surface area contributed by atoms with Crippen molar-refractivity contribution in [1.29, 1.82) is 0 Å². The van der Waals surface area contributed by atoms with Crippen molar-refractivity contribution in [3.8, 4) is 0 Å². The van der Waals surface area contributed by atoms with Crippen molar-refractivity contribution < 1.29 is 4.79 Å². The van der Waals surface area contributed by atoms with Crippen molar-refractivity contribution in [3.05, 3.63) is 39.8 Å². The Morgan fingerprint density at radius 2 is 2.00 bits per heavy atom. The van der Waals surface area contributed by atoms with E-state index in [0.717, 1.165) is 44.3 Å². The minimum Gasteiger partial charge on any atom is -0.299 e. The molecule has 0 spiro atoms. The average Bonchev–Trinajstić information content (AvgIpc) is 2.88. The molecule has 1 aliphatic carbocycles. The van der Waals surface area contributed by atoms with E-state index >= 15 is 0 Å². The lowest BCUT2D eigenvalue weighted by Gasteiger charge is -2.23. The van der Waals surface area contributed by atoms with E-state index in [1.807, 2.05) is 29.8 Å². The van der Waals surface area contributed by atoms with E-state index in [-0.39, 0.29) is 11.3 Å². The number of ketones is 1. The Balaban J connectivity index is 2.23. The van der Waals surface area contributed by atoms with Gasteiger partial charge >= 0.3 is 0 Å². The van der Waals surface area contributed by atoms with Gasteiger partial charge in [0.15, 0.2) is 0 Å². The molecule has 136 valence electrons. The van der Waals surface area contributed by atoms with E-state index in [4.69, 9.17) is 0 Å². The minimum absolute atomic E-state index is 0.0351. The van der Waals surface area contributed by atoms with Gasteiger partial charge in [0.25, 0.3) is 0 Å². The summed E-state index contributed by atoms with van der Waals surface area (Å²) in [6.45, 7) is 7.00. The van der Waals surface area contributed by atoms with Crippen molar-refractivity contribution in [2.24, 2.45) is 11.8 Å². The largest absolute Gasteiger partial charge is 0.299 e. The van der Waals surface area contributed by atoms with Crippen LogP contribution in [0.5, 0.6) is 0 Å². The van der Waals surface area contributed by atoms with Crippen LogP contribution in [0, 0.1) is 11.8 Å². The minimum atomic E-state index is -0.0351. The standard InChI is InChI=1S/C21H30N2O2/c1-4-10-17(20(24)6-3)13-16(5-2)15-23-19-12-9-7-8-11-18(19)21(25)14-22-23/h8-9,11-12,14,16-17H,4-7,10,13,15H2,1-3H3. The van der Waals surface area contributed by atoms with Crippen molar-refractivity contribution in [2.75, 3.05) is 0 Å². The lowest BCUT2D eigenvalue weighted by atomic mass is 9.86. The summed E-state index contributed by atoms with van der Waals surface area (Å²) in [5.41, 5.74) is 1.56. The van der Waals surface area contributed by atoms with Crippen LogP contribution in [0.3, 0.4) is 0 Å². The lowest BCUT2D eigenvalue weighted by Crippen LogP contribution is -2.24. The summed E-state index contributed by atoms with van der Waals surface area (Å²) in [6, 6.07) is 0. The Hall–Kier alpha value is -1.97. The van der Waals surface area contributed by atoms with Gasteiger partial charge < -0.3 is 0 Å². The number of carbonyl (C=O) groups is 1. The molecule has 2 rings (SSSR count). The maximum atomic E-state index is 12.2. The molecule has 0 aliphatic heterocycles. The van der Waals surface area contributed by atoms with Gasteiger partial charge in [0, 0.05) is 24.4 Å². The maximum absolute atomic E-state index is 12.2. The van der Waals surface area contributed by atoms with E-state index in [1.165, 1.54) is 6.20 Å². The van der Waals surface area contributed by atoms with Gasteiger partial charge in [-0.1, -0.05) is 51.8 Å². The number of hydrogen-bond acceptors (Lipinski definition) is 3. The first-order valence-corrected chi connectivity index (χ1v) is 9.56. The molecule has 0 amide bonds. The Labute approximate surface area is 150 Å². The van der Waals surface area contributed by atoms with Gasteiger partial charge in [0.1, 0.15) is 5.78 Å². The summed E-state index contributed by atoms with van der Waals surface area (Å²) < 4.78 is 1.94. The molecule has 0 bridgehead atoms. The summed E-state index contributed by atoms with van der Waals surface area (Å²) in [4.78, 5) is 24.4. The summed E-state index contributed by atoms with van der Waals surface area (Å²) in [5, 5.41) is 4.37. The smallest absolute Gasteiger partial charge is 0.207 e. The van der Waals surface area contributed by atoms with Crippen LogP contribution in [0.15, 0.2) is 23.1 Å². The van der Waals surface area contributed by atoms with Crippen LogP contribution in [-0.2, 0) is 11.3 Å².